The minimum absolute atomic E-state index is 0.0517. The lowest BCUT2D eigenvalue weighted by Crippen LogP contribution is -2.36. The number of rotatable bonds is 3. The van der Waals surface area contributed by atoms with Gasteiger partial charge in [0.2, 0.25) is 0 Å². The lowest BCUT2D eigenvalue weighted by atomic mass is 10.1. The molecule has 0 spiro atoms. The van der Waals surface area contributed by atoms with Gasteiger partial charge in [0.25, 0.3) is 5.91 Å². The van der Waals surface area contributed by atoms with Crippen LogP contribution in [0.2, 0.25) is 5.02 Å². The maximum atomic E-state index is 12.6. The van der Waals surface area contributed by atoms with E-state index in [4.69, 9.17) is 16.7 Å². The third kappa shape index (κ3) is 3.51. The molecule has 2 rings (SSSR count). The molecule has 0 atom stereocenters. The first-order chi connectivity index (χ1) is 9.63. The Morgan fingerprint density at radius 3 is 2.85 bits per heavy atom. The molecule has 1 aliphatic rings. The van der Waals surface area contributed by atoms with Crippen LogP contribution in [0.3, 0.4) is 0 Å². The summed E-state index contributed by atoms with van der Waals surface area (Å²) in [4.78, 5) is 16.7. The summed E-state index contributed by atoms with van der Waals surface area (Å²) in [7, 11) is 0. The summed E-state index contributed by atoms with van der Waals surface area (Å²) >= 11 is 6.09. The predicted molar refractivity (Wildman–Crippen MR) is 80.2 cm³/mol. The number of benzene rings is 1. The molecule has 1 amide bonds. The zero-order valence-electron chi connectivity index (χ0n) is 11.8. The molecule has 1 heterocycles. The zero-order chi connectivity index (χ0) is 14.5. The minimum atomic E-state index is 0.0517. The Balaban J connectivity index is 2.07. The normalized spacial score (nSPS) is 17.1. The Kier molecular flexibility index (Phi) is 5.40. The summed E-state index contributed by atoms with van der Waals surface area (Å²) in [5.74, 6) is 0.0517. The van der Waals surface area contributed by atoms with E-state index in [0.29, 0.717) is 23.7 Å². The number of carbonyl (C=O) groups is 1. The number of amides is 1. The molecule has 1 N–H and O–H groups in total. The first-order valence-corrected chi connectivity index (χ1v) is 7.39. The molecule has 0 radical (unpaired) electrons. The van der Waals surface area contributed by atoms with Gasteiger partial charge in [-0.05, 0) is 37.6 Å². The van der Waals surface area contributed by atoms with Gasteiger partial charge in [-0.25, -0.2) is 0 Å². The van der Waals surface area contributed by atoms with Crippen LogP contribution in [-0.4, -0.2) is 60.1 Å². The highest BCUT2D eigenvalue weighted by molar-refractivity contribution is 6.31. The van der Waals surface area contributed by atoms with Crippen molar-refractivity contribution in [2.75, 3.05) is 39.3 Å². The van der Waals surface area contributed by atoms with Gasteiger partial charge in [0, 0.05) is 36.8 Å². The Morgan fingerprint density at radius 1 is 1.30 bits per heavy atom. The molecule has 1 aromatic rings. The first kappa shape index (κ1) is 15.3. The fraction of sp³-hybridized carbons (Fsp3) is 0.533. The van der Waals surface area contributed by atoms with Gasteiger partial charge in [-0.2, -0.15) is 0 Å². The third-order valence-electron chi connectivity index (χ3n) is 3.79. The van der Waals surface area contributed by atoms with Gasteiger partial charge < -0.3 is 10.0 Å². The highest BCUT2D eigenvalue weighted by atomic mass is 35.5. The van der Waals surface area contributed by atoms with Crippen LogP contribution in [0.25, 0.3) is 0 Å². The van der Waals surface area contributed by atoms with Crippen molar-refractivity contribution in [3.8, 4) is 0 Å². The largest absolute Gasteiger partial charge is 0.395 e. The monoisotopic (exact) mass is 296 g/mol. The highest BCUT2D eigenvalue weighted by Gasteiger charge is 2.21. The van der Waals surface area contributed by atoms with Crippen LogP contribution in [-0.2, 0) is 0 Å². The topological polar surface area (TPSA) is 43.8 Å². The van der Waals surface area contributed by atoms with Gasteiger partial charge in [-0.1, -0.05) is 17.7 Å². The molecule has 4 nitrogen and oxygen atoms in total. The molecule has 0 saturated carbocycles. The fourth-order valence-corrected chi connectivity index (χ4v) is 2.72. The smallest absolute Gasteiger partial charge is 0.254 e. The molecule has 5 heteroatoms. The van der Waals surface area contributed by atoms with Crippen LogP contribution in [0.5, 0.6) is 0 Å². The molecule has 1 aromatic carbocycles. The number of carbonyl (C=O) groups excluding carboxylic acids is 1. The summed E-state index contributed by atoms with van der Waals surface area (Å²) in [6.45, 7) is 5.92. The molecule has 1 fully saturated rings. The number of hydrogen-bond donors (Lipinski definition) is 1. The van der Waals surface area contributed by atoms with Crippen molar-refractivity contribution in [1.82, 2.24) is 9.80 Å². The van der Waals surface area contributed by atoms with E-state index >= 15 is 0 Å². The van der Waals surface area contributed by atoms with Crippen molar-refractivity contribution in [3.05, 3.63) is 34.3 Å². The Labute approximate surface area is 124 Å². The number of β-amino-alcohol motifs (C(OH)–C–C–N with tert-alkyl or cyclic N) is 1. The standard InChI is InChI=1S/C15H21ClN2O2/c1-12-13(4-2-5-14(12)16)15(20)18-7-3-6-17(8-9-18)10-11-19/h2,4-5,19H,3,6-11H2,1H3. The molecule has 20 heavy (non-hydrogen) atoms. The number of aliphatic hydroxyl groups is 1. The van der Waals surface area contributed by atoms with Crippen molar-refractivity contribution < 1.29 is 9.90 Å². The van der Waals surface area contributed by atoms with Gasteiger partial charge in [0.15, 0.2) is 0 Å². The molecule has 0 bridgehead atoms. The quantitative estimate of drug-likeness (QED) is 0.925. The molecule has 0 aliphatic carbocycles. The number of hydrogen-bond acceptors (Lipinski definition) is 3. The molecule has 110 valence electrons. The van der Waals surface area contributed by atoms with E-state index in [1.54, 1.807) is 6.07 Å². The number of aliphatic hydroxyl groups excluding tert-OH is 1. The van der Waals surface area contributed by atoms with Crippen LogP contribution in [0.1, 0.15) is 22.3 Å². The van der Waals surface area contributed by atoms with Crippen LogP contribution >= 0.6 is 11.6 Å². The van der Waals surface area contributed by atoms with Crippen LogP contribution in [0, 0.1) is 6.92 Å². The molecule has 1 aliphatic heterocycles. The maximum Gasteiger partial charge on any atom is 0.254 e. The van der Waals surface area contributed by atoms with E-state index in [9.17, 15) is 4.79 Å². The van der Waals surface area contributed by atoms with Gasteiger partial charge in [0.1, 0.15) is 0 Å². The summed E-state index contributed by atoms with van der Waals surface area (Å²) in [5, 5.41) is 9.63. The second-order valence-electron chi connectivity index (χ2n) is 5.12. The molecule has 1 saturated heterocycles. The van der Waals surface area contributed by atoms with Crippen LogP contribution in [0.4, 0.5) is 0 Å². The zero-order valence-corrected chi connectivity index (χ0v) is 12.6. The second-order valence-corrected chi connectivity index (χ2v) is 5.53. The van der Waals surface area contributed by atoms with E-state index in [0.717, 1.165) is 31.6 Å². The summed E-state index contributed by atoms with van der Waals surface area (Å²) in [6.07, 6.45) is 0.936. The number of halogens is 1. The van der Waals surface area contributed by atoms with E-state index in [1.807, 2.05) is 24.0 Å². The average molecular weight is 297 g/mol. The van der Waals surface area contributed by atoms with Gasteiger partial charge in [0.05, 0.1) is 6.61 Å². The minimum Gasteiger partial charge on any atom is -0.395 e. The molecular weight excluding hydrogens is 276 g/mol. The lowest BCUT2D eigenvalue weighted by molar-refractivity contribution is 0.0760. The average Bonchev–Trinajstić information content (AvgIpc) is 2.67. The van der Waals surface area contributed by atoms with Crippen molar-refractivity contribution in [2.24, 2.45) is 0 Å². The molecular formula is C15H21ClN2O2. The van der Waals surface area contributed by atoms with Crippen molar-refractivity contribution in [1.29, 1.82) is 0 Å². The van der Waals surface area contributed by atoms with Crippen molar-refractivity contribution in [2.45, 2.75) is 13.3 Å². The highest BCUT2D eigenvalue weighted by Crippen LogP contribution is 2.20. The Morgan fingerprint density at radius 2 is 2.10 bits per heavy atom. The first-order valence-electron chi connectivity index (χ1n) is 7.01. The fourth-order valence-electron chi connectivity index (χ4n) is 2.55. The predicted octanol–water partition coefficient (Wildman–Crippen LogP) is 1.79. The van der Waals surface area contributed by atoms with Crippen LogP contribution < -0.4 is 0 Å². The molecule has 0 aromatic heterocycles. The van der Waals surface area contributed by atoms with Crippen molar-refractivity contribution in [3.63, 3.8) is 0 Å². The Hall–Kier alpha value is -1.10. The third-order valence-corrected chi connectivity index (χ3v) is 4.20. The summed E-state index contributed by atoms with van der Waals surface area (Å²) in [6, 6.07) is 5.46. The second kappa shape index (κ2) is 7.07. The van der Waals surface area contributed by atoms with Gasteiger partial charge in [-0.15, -0.1) is 0 Å². The van der Waals surface area contributed by atoms with E-state index in [2.05, 4.69) is 4.90 Å². The SMILES string of the molecule is Cc1c(Cl)cccc1C(=O)N1CCCN(CCO)CC1. The van der Waals surface area contributed by atoms with E-state index in [1.165, 1.54) is 0 Å². The van der Waals surface area contributed by atoms with Gasteiger partial charge >= 0.3 is 0 Å². The Bertz CT molecular complexity index is 479. The van der Waals surface area contributed by atoms with Crippen molar-refractivity contribution >= 4 is 17.5 Å². The lowest BCUT2D eigenvalue weighted by Gasteiger charge is -2.22. The van der Waals surface area contributed by atoms with E-state index in [-0.39, 0.29) is 12.5 Å². The van der Waals surface area contributed by atoms with Gasteiger partial charge in [-0.3, -0.25) is 9.69 Å². The van der Waals surface area contributed by atoms with Crippen LogP contribution in [0.15, 0.2) is 18.2 Å². The summed E-state index contributed by atoms with van der Waals surface area (Å²) < 4.78 is 0. The maximum absolute atomic E-state index is 12.6. The molecule has 0 unspecified atom stereocenters. The number of nitrogens with zero attached hydrogens (tertiary/aromatic N) is 2. The van der Waals surface area contributed by atoms with E-state index < -0.39 is 0 Å². The summed E-state index contributed by atoms with van der Waals surface area (Å²) in [5.41, 5.74) is 1.53.